The number of carboxylic acids is 1. The Hall–Kier alpha value is -1.47. The minimum Gasteiger partial charge on any atom is -0.616 e. The van der Waals surface area contributed by atoms with Crippen LogP contribution < -0.4 is 5.32 Å². The summed E-state index contributed by atoms with van der Waals surface area (Å²) in [7, 11) is 0. The zero-order valence-electron chi connectivity index (χ0n) is 8.34. The SMILES string of the molecule is O=C(O)C[S+]([O-])CCNC(=O)c1ccco1. The molecule has 88 valence electrons. The Labute approximate surface area is 94.8 Å². The molecule has 1 aromatic heterocycles. The van der Waals surface area contributed by atoms with Crippen molar-refractivity contribution in [3.8, 4) is 0 Å². The van der Waals surface area contributed by atoms with Crippen LogP contribution in [0, 0.1) is 0 Å². The maximum Gasteiger partial charge on any atom is 0.353 e. The fourth-order valence-corrected chi connectivity index (χ4v) is 1.73. The minimum atomic E-state index is -1.46. The van der Waals surface area contributed by atoms with E-state index in [1.165, 1.54) is 12.3 Å². The van der Waals surface area contributed by atoms with E-state index in [1.807, 2.05) is 0 Å². The lowest BCUT2D eigenvalue weighted by molar-refractivity contribution is -0.134. The smallest absolute Gasteiger partial charge is 0.353 e. The van der Waals surface area contributed by atoms with E-state index < -0.39 is 28.8 Å². The van der Waals surface area contributed by atoms with Crippen molar-refractivity contribution in [3.05, 3.63) is 24.2 Å². The Kier molecular flexibility index (Phi) is 4.87. The number of furan rings is 1. The van der Waals surface area contributed by atoms with Crippen LogP contribution in [0.15, 0.2) is 22.8 Å². The highest BCUT2D eigenvalue weighted by Crippen LogP contribution is 1.98. The van der Waals surface area contributed by atoms with Gasteiger partial charge in [-0.3, -0.25) is 4.79 Å². The van der Waals surface area contributed by atoms with Crippen LogP contribution in [0.5, 0.6) is 0 Å². The predicted octanol–water partition coefficient (Wildman–Crippen LogP) is -0.157. The standard InChI is InChI=1S/C9H11NO5S/c11-8(12)6-16(14)5-3-10-9(13)7-2-1-4-15-7/h1-2,4H,3,5-6H2,(H,10,13)(H,11,12). The first-order valence-corrected chi connectivity index (χ1v) is 5.97. The van der Waals surface area contributed by atoms with Gasteiger partial charge in [0.15, 0.2) is 5.76 Å². The zero-order chi connectivity index (χ0) is 12.0. The zero-order valence-corrected chi connectivity index (χ0v) is 9.16. The van der Waals surface area contributed by atoms with E-state index in [1.54, 1.807) is 6.07 Å². The van der Waals surface area contributed by atoms with Crippen LogP contribution >= 0.6 is 0 Å². The van der Waals surface area contributed by atoms with Crippen molar-refractivity contribution in [3.63, 3.8) is 0 Å². The molecule has 1 amide bonds. The number of rotatable bonds is 6. The summed E-state index contributed by atoms with van der Waals surface area (Å²) >= 11 is -1.46. The summed E-state index contributed by atoms with van der Waals surface area (Å²) in [6, 6.07) is 3.08. The van der Waals surface area contributed by atoms with E-state index in [-0.39, 0.29) is 18.1 Å². The lowest BCUT2D eigenvalue weighted by Crippen LogP contribution is -2.30. The largest absolute Gasteiger partial charge is 0.616 e. The highest BCUT2D eigenvalue weighted by Gasteiger charge is 2.13. The van der Waals surface area contributed by atoms with Gasteiger partial charge in [-0.25, -0.2) is 4.79 Å². The molecule has 1 rings (SSSR count). The first kappa shape index (κ1) is 12.6. The van der Waals surface area contributed by atoms with Gasteiger partial charge in [0.05, 0.1) is 12.8 Å². The summed E-state index contributed by atoms with van der Waals surface area (Å²) in [6.45, 7) is 0.152. The molecule has 0 spiro atoms. The molecule has 0 aliphatic rings. The first-order valence-electron chi connectivity index (χ1n) is 4.48. The molecular formula is C9H11NO5S. The fourth-order valence-electron chi connectivity index (χ4n) is 0.983. The van der Waals surface area contributed by atoms with Gasteiger partial charge in [-0.2, -0.15) is 0 Å². The molecule has 1 heterocycles. The van der Waals surface area contributed by atoms with Crippen molar-refractivity contribution in [2.45, 2.75) is 0 Å². The molecule has 1 aromatic rings. The fraction of sp³-hybridized carbons (Fsp3) is 0.333. The Bertz CT molecular complexity index is 351. The van der Waals surface area contributed by atoms with Crippen LogP contribution in [0.2, 0.25) is 0 Å². The van der Waals surface area contributed by atoms with Crippen LogP contribution in [-0.2, 0) is 16.0 Å². The maximum atomic E-state index is 11.3. The van der Waals surface area contributed by atoms with Crippen molar-refractivity contribution in [2.75, 3.05) is 18.1 Å². The molecule has 0 aromatic carbocycles. The molecule has 1 unspecified atom stereocenters. The van der Waals surface area contributed by atoms with Crippen molar-refractivity contribution in [1.82, 2.24) is 5.32 Å². The molecule has 6 nitrogen and oxygen atoms in total. The van der Waals surface area contributed by atoms with Crippen LogP contribution in [0.25, 0.3) is 0 Å². The van der Waals surface area contributed by atoms with E-state index in [0.29, 0.717) is 0 Å². The Balaban J connectivity index is 2.21. The van der Waals surface area contributed by atoms with E-state index in [2.05, 4.69) is 5.32 Å². The molecule has 1 atom stereocenters. The number of aliphatic carboxylic acids is 1. The van der Waals surface area contributed by atoms with E-state index in [0.717, 1.165) is 0 Å². The van der Waals surface area contributed by atoms with E-state index >= 15 is 0 Å². The number of amides is 1. The number of hydrogen-bond donors (Lipinski definition) is 2. The monoisotopic (exact) mass is 245 g/mol. The number of carboxylic acid groups (broad SMARTS) is 1. The van der Waals surface area contributed by atoms with Gasteiger partial charge in [-0.15, -0.1) is 0 Å². The summed E-state index contributed by atoms with van der Waals surface area (Å²) in [6.07, 6.45) is 1.37. The third-order valence-corrected chi connectivity index (χ3v) is 2.87. The van der Waals surface area contributed by atoms with E-state index in [9.17, 15) is 14.1 Å². The van der Waals surface area contributed by atoms with Crippen molar-refractivity contribution >= 4 is 23.1 Å². The molecule has 16 heavy (non-hydrogen) atoms. The van der Waals surface area contributed by atoms with Gasteiger partial charge >= 0.3 is 5.97 Å². The van der Waals surface area contributed by atoms with E-state index in [4.69, 9.17) is 9.52 Å². The predicted molar refractivity (Wildman–Crippen MR) is 56.6 cm³/mol. The third kappa shape index (κ3) is 4.37. The highest BCUT2D eigenvalue weighted by atomic mass is 32.2. The van der Waals surface area contributed by atoms with Gasteiger partial charge in [0.25, 0.3) is 5.91 Å². The molecule has 0 saturated carbocycles. The molecule has 0 bridgehead atoms. The van der Waals surface area contributed by atoms with Gasteiger partial charge in [-0.1, -0.05) is 0 Å². The summed E-state index contributed by atoms with van der Waals surface area (Å²) in [5, 5.41) is 10.8. The molecule has 0 aliphatic carbocycles. The molecule has 7 heteroatoms. The second-order valence-electron chi connectivity index (χ2n) is 2.92. The highest BCUT2D eigenvalue weighted by molar-refractivity contribution is 7.92. The number of nitrogens with one attached hydrogen (secondary N) is 1. The topological polar surface area (TPSA) is 103 Å². The quantitative estimate of drug-likeness (QED) is 0.678. The second-order valence-corrected chi connectivity index (χ2v) is 4.49. The number of carbonyl (C=O) groups excluding carboxylic acids is 1. The maximum absolute atomic E-state index is 11.3. The van der Waals surface area contributed by atoms with Gasteiger partial charge < -0.3 is 19.4 Å². The molecule has 0 radical (unpaired) electrons. The van der Waals surface area contributed by atoms with Gasteiger partial charge in [0.1, 0.15) is 5.75 Å². The normalized spacial score (nSPS) is 12.1. The summed E-state index contributed by atoms with van der Waals surface area (Å²) in [4.78, 5) is 21.5. The lowest BCUT2D eigenvalue weighted by atomic mass is 10.4. The van der Waals surface area contributed by atoms with Gasteiger partial charge in [0, 0.05) is 0 Å². The molecule has 2 N–H and O–H groups in total. The van der Waals surface area contributed by atoms with Gasteiger partial charge in [-0.05, 0) is 23.3 Å². The second kappa shape index (κ2) is 6.19. The first-order chi connectivity index (χ1) is 7.59. The molecule has 0 fully saturated rings. The minimum absolute atomic E-state index is 0.110. The number of carbonyl (C=O) groups is 2. The Morgan fingerprint density at radius 2 is 2.31 bits per heavy atom. The van der Waals surface area contributed by atoms with Crippen molar-refractivity contribution in [1.29, 1.82) is 0 Å². The summed E-state index contributed by atoms with van der Waals surface area (Å²) < 4.78 is 15.9. The van der Waals surface area contributed by atoms with Crippen LogP contribution in [0.3, 0.4) is 0 Å². The summed E-state index contributed by atoms with van der Waals surface area (Å²) in [5.74, 6) is -1.65. The number of hydrogen-bond acceptors (Lipinski definition) is 4. The molecule has 0 aliphatic heterocycles. The molecule has 0 saturated heterocycles. The Morgan fingerprint density at radius 1 is 1.56 bits per heavy atom. The van der Waals surface area contributed by atoms with Crippen LogP contribution in [-0.4, -0.2) is 39.6 Å². The average molecular weight is 245 g/mol. The van der Waals surface area contributed by atoms with Gasteiger partial charge in [0.2, 0.25) is 5.75 Å². The Morgan fingerprint density at radius 3 is 2.88 bits per heavy atom. The third-order valence-electron chi connectivity index (χ3n) is 1.64. The summed E-state index contributed by atoms with van der Waals surface area (Å²) in [5.41, 5.74) is 0. The molecular weight excluding hydrogens is 234 g/mol. The van der Waals surface area contributed by atoms with Crippen LogP contribution in [0.1, 0.15) is 10.6 Å². The van der Waals surface area contributed by atoms with Crippen molar-refractivity contribution < 1.29 is 23.7 Å². The van der Waals surface area contributed by atoms with Crippen LogP contribution in [0.4, 0.5) is 0 Å². The lowest BCUT2D eigenvalue weighted by Gasteiger charge is -2.08. The van der Waals surface area contributed by atoms with Crippen molar-refractivity contribution in [2.24, 2.45) is 0 Å². The average Bonchev–Trinajstić information content (AvgIpc) is 2.68.